The molecule has 0 radical (unpaired) electrons. The summed E-state index contributed by atoms with van der Waals surface area (Å²) >= 11 is 0. The first kappa shape index (κ1) is 7.81. The molecule has 1 fully saturated rings. The minimum absolute atomic E-state index is 0.246. The Kier molecular flexibility index (Phi) is 1.45. The summed E-state index contributed by atoms with van der Waals surface area (Å²) in [5, 5.41) is 8.77. The molecule has 10 heavy (non-hydrogen) atoms. The average molecular weight is 155 g/mol. The molecule has 1 saturated carbocycles. The van der Waals surface area contributed by atoms with E-state index in [2.05, 4.69) is 0 Å². The molecular weight excluding hydrogens is 147 g/mol. The molecule has 2 atom stereocenters. The smallest absolute Gasteiger partial charge is 0.379 e. The lowest BCUT2D eigenvalue weighted by Gasteiger charge is -2.43. The van der Waals surface area contributed by atoms with Crippen LogP contribution in [0.1, 0.15) is 12.8 Å². The van der Waals surface area contributed by atoms with Gasteiger partial charge in [-0.2, -0.15) is 13.2 Å². The van der Waals surface area contributed by atoms with Crippen molar-refractivity contribution in [1.82, 2.24) is 0 Å². The Morgan fingerprint density at radius 1 is 1.50 bits per heavy atom. The number of halogens is 3. The van der Waals surface area contributed by atoms with Crippen molar-refractivity contribution in [3.8, 4) is 0 Å². The topological polar surface area (TPSA) is 46.2 Å². The summed E-state index contributed by atoms with van der Waals surface area (Å²) in [6.07, 6.45) is -4.58. The third kappa shape index (κ3) is 0.809. The zero-order valence-corrected chi connectivity index (χ0v) is 5.15. The van der Waals surface area contributed by atoms with Crippen molar-refractivity contribution >= 4 is 0 Å². The lowest BCUT2D eigenvalue weighted by atomic mass is 9.75. The number of nitrogens with two attached hydrogens (primary N) is 1. The Labute approximate surface area is 55.8 Å². The normalized spacial score (nSPS) is 41.1. The van der Waals surface area contributed by atoms with E-state index in [0.29, 0.717) is 0 Å². The molecule has 0 heterocycles. The molecular formula is C5H8F3NO. The fourth-order valence-corrected chi connectivity index (χ4v) is 0.936. The van der Waals surface area contributed by atoms with Crippen molar-refractivity contribution in [3.05, 3.63) is 0 Å². The monoisotopic (exact) mass is 155 g/mol. The van der Waals surface area contributed by atoms with E-state index in [1.165, 1.54) is 0 Å². The molecule has 0 aromatic rings. The molecule has 1 aliphatic carbocycles. The highest BCUT2D eigenvalue weighted by Crippen LogP contribution is 2.43. The first-order valence-corrected chi connectivity index (χ1v) is 2.92. The van der Waals surface area contributed by atoms with E-state index in [1.807, 2.05) is 0 Å². The summed E-state index contributed by atoms with van der Waals surface area (Å²) in [6.45, 7) is 0. The van der Waals surface area contributed by atoms with Crippen LogP contribution in [-0.2, 0) is 0 Å². The molecule has 60 valence electrons. The van der Waals surface area contributed by atoms with Crippen LogP contribution in [0.15, 0.2) is 0 Å². The van der Waals surface area contributed by atoms with Gasteiger partial charge in [0.25, 0.3) is 0 Å². The summed E-state index contributed by atoms with van der Waals surface area (Å²) in [5.74, 6) is 0. The van der Waals surface area contributed by atoms with E-state index in [9.17, 15) is 13.2 Å². The highest BCUT2D eigenvalue weighted by atomic mass is 19.4. The van der Waals surface area contributed by atoms with Crippen molar-refractivity contribution in [1.29, 1.82) is 0 Å². The maximum atomic E-state index is 11.8. The van der Waals surface area contributed by atoms with Gasteiger partial charge in [0.15, 0.2) is 5.60 Å². The summed E-state index contributed by atoms with van der Waals surface area (Å²) in [7, 11) is 0. The van der Waals surface area contributed by atoms with Crippen molar-refractivity contribution in [2.45, 2.75) is 30.7 Å². The fourth-order valence-electron chi connectivity index (χ4n) is 0.936. The van der Waals surface area contributed by atoms with Crippen LogP contribution in [-0.4, -0.2) is 22.9 Å². The lowest BCUT2D eigenvalue weighted by molar-refractivity contribution is -0.293. The summed E-state index contributed by atoms with van der Waals surface area (Å²) < 4.78 is 35.4. The number of rotatable bonds is 0. The molecule has 0 spiro atoms. The van der Waals surface area contributed by atoms with Crippen LogP contribution >= 0.6 is 0 Å². The van der Waals surface area contributed by atoms with Crippen LogP contribution in [0.5, 0.6) is 0 Å². The molecule has 0 saturated heterocycles. The maximum absolute atomic E-state index is 11.8. The van der Waals surface area contributed by atoms with Crippen LogP contribution in [0.4, 0.5) is 13.2 Å². The summed E-state index contributed by atoms with van der Waals surface area (Å²) in [4.78, 5) is 0. The van der Waals surface area contributed by atoms with Crippen LogP contribution in [0.3, 0.4) is 0 Å². The van der Waals surface area contributed by atoms with Gasteiger partial charge >= 0.3 is 6.18 Å². The SMILES string of the molecule is N[C@@H]1CC[C@@]1(O)C(F)(F)F. The van der Waals surface area contributed by atoms with Gasteiger partial charge in [-0.1, -0.05) is 0 Å². The van der Waals surface area contributed by atoms with Crippen LogP contribution in [0.25, 0.3) is 0 Å². The Balaban J connectivity index is 2.70. The van der Waals surface area contributed by atoms with Gasteiger partial charge in [-0.25, -0.2) is 0 Å². The van der Waals surface area contributed by atoms with Crippen molar-refractivity contribution in [2.24, 2.45) is 5.73 Å². The Hall–Kier alpha value is -0.290. The Bertz CT molecular complexity index is 146. The standard InChI is InChI=1S/C5H8F3NO/c6-5(7,8)4(10)2-1-3(4)9/h3,10H,1-2,9H2/t3-,4+/m1/s1. The Morgan fingerprint density at radius 2 is 2.00 bits per heavy atom. The zero-order chi connectivity index (χ0) is 7.99. The molecule has 0 aromatic heterocycles. The number of hydrogen-bond donors (Lipinski definition) is 2. The molecule has 0 bridgehead atoms. The first-order chi connectivity index (χ1) is 4.38. The van der Waals surface area contributed by atoms with Gasteiger partial charge in [0.05, 0.1) is 0 Å². The van der Waals surface area contributed by atoms with Crippen molar-refractivity contribution in [2.75, 3.05) is 0 Å². The maximum Gasteiger partial charge on any atom is 0.418 e. The second-order valence-electron chi connectivity index (χ2n) is 2.57. The number of alkyl halides is 3. The average Bonchev–Trinajstić information content (AvgIpc) is 1.80. The second kappa shape index (κ2) is 1.85. The quantitative estimate of drug-likeness (QED) is 0.532. The largest absolute Gasteiger partial charge is 0.418 e. The molecule has 0 unspecified atom stereocenters. The minimum atomic E-state index is -4.56. The molecule has 3 N–H and O–H groups in total. The van der Waals surface area contributed by atoms with E-state index < -0.39 is 17.8 Å². The van der Waals surface area contributed by atoms with Gasteiger partial charge in [0.2, 0.25) is 0 Å². The molecule has 1 aliphatic rings. The van der Waals surface area contributed by atoms with Gasteiger partial charge in [-0.15, -0.1) is 0 Å². The lowest BCUT2D eigenvalue weighted by Crippen LogP contribution is -2.65. The van der Waals surface area contributed by atoms with E-state index in [1.54, 1.807) is 0 Å². The first-order valence-electron chi connectivity index (χ1n) is 2.92. The van der Waals surface area contributed by atoms with Gasteiger partial charge in [0, 0.05) is 6.04 Å². The van der Waals surface area contributed by atoms with E-state index in [4.69, 9.17) is 10.8 Å². The molecule has 0 amide bonds. The number of aliphatic hydroxyl groups is 1. The van der Waals surface area contributed by atoms with Crippen LogP contribution < -0.4 is 5.73 Å². The van der Waals surface area contributed by atoms with Crippen molar-refractivity contribution < 1.29 is 18.3 Å². The highest BCUT2D eigenvalue weighted by molar-refractivity contribution is 5.04. The Morgan fingerprint density at radius 3 is 2.00 bits per heavy atom. The number of hydrogen-bond acceptors (Lipinski definition) is 2. The van der Waals surface area contributed by atoms with Gasteiger partial charge in [-0.3, -0.25) is 0 Å². The van der Waals surface area contributed by atoms with E-state index in [-0.39, 0.29) is 12.8 Å². The van der Waals surface area contributed by atoms with E-state index in [0.717, 1.165) is 0 Å². The molecule has 5 heteroatoms. The molecule has 0 aromatic carbocycles. The second-order valence-corrected chi connectivity index (χ2v) is 2.57. The van der Waals surface area contributed by atoms with Crippen molar-refractivity contribution in [3.63, 3.8) is 0 Å². The summed E-state index contributed by atoms with van der Waals surface area (Å²) in [5.41, 5.74) is 2.37. The molecule has 1 rings (SSSR count). The van der Waals surface area contributed by atoms with E-state index >= 15 is 0 Å². The summed E-state index contributed by atoms with van der Waals surface area (Å²) in [6, 6.07) is -1.13. The van der Waals surface area contributed by atoms with Gasteiger partial charge in [0.1, 0.15) is 0 Å². The minimum Gasteiger partial charge on any atom is -0.379 e. The van der Waals surface area contributed by atoms with Gasteiger partial charge in [-0.05, 0) is 12.8 Å². The fraction of sp³-hybridized carbons (Fsp3) is 1.00. The van der Waals surface area contributed by atoms with Gasteiger partial charge < -0.3 is 10.8 Å². The third-order valence-electron chi connectivity index (χ3n) is 1.94. The predicted molar refractivity (Wildman–Crippen MR) is 28.2 cm³/mol. The highest BCUT2D eigenvalue weighted by Gasteiger charge is 2.62. The zero-order valence-electron chi connectivity index (χ0n) is 5.15. The molecule has 0 aliphatic heterocycles. The van der Waals surface area contributed by atoms with Crippen LogP contribution in [0, 0.1) is 0 Å². The van der Waals surface area contributed by atoms with Crippen LogP contribution in [0.2, 0.25) is 0 Å². The predicted octanol–water partition coefficient (Wildman–Crippen LogP) is 0.401. The third-order valence-corrected chi connectivity index (χ3v) is 1.94. The molecule has 2 nitrogen and oxygen atoms in total.